The second-order valence-electron chi connectivity index (χ2n) is 6.64. The lowest BCUT2D eigenvalue weighted by molar-refractivity contribution is -0.112. The largest absolute Gasteiger partial charge is 0.303 e. The van der Waals surface area contributed by atoms with E-state index >= 15 is 0 Å². The van der Waals surface area contributed by atoms with Gasteiger partial charge in [0.1, 0.15) is 6.29 Å². The summed E-state index contributed by atoms with van der Waals surface area (Å²) in [4.78, 5) is 15.4. The van der Waals surface area contributed by atoms with Crippen LogP contribution in [0.1, 0.15) is 37.7 Å². The number of hydrogen-bond donors (Lipinski definition) is 0. The summed E-state index contributed by atoms with van der Waals surface area (Å²) in [7, 11) is 0. The first-order valence-corrected chi connectivity index (χ1v) is 9.27. The molecule has 1 aliphatic rings. The summed E-state index contributed by atoms with van der Waals surface area (Å²) in [6, 6.07) is 9.75. The van der Waals surface area contributed by atoms with E-state index in [1.807, 2.05) is 24.4 Å². The lowest BCUT2D eigenvalue weighted by atomic mass is 9.80. The molecule has 0 unspecified atom stereocenters. The van der Waals surface area contributed by atoms with Gasteiger partial charge < -0.3 is 4.79 Å². The Morgan fingerprint density at radius 2 is 1.83 bits per heavy atom. The van der Waals surface area contributed by atoms with Gasteiger partial charge >= 0.3 is 0 Å². The number of benzene rings is 1. The molecule has 0 N–H and O–H groups in total. The summed E-state index contributed by atoms with van der Waals surface area (Å²) < 4.78 is 0. The molecule has 0 atom stereocenters. The maximum Gasteiger partial charge on any atom is 0.123 e. The van der Waals surface area contributed by atoms with E-state index in [0.29, 0.717) is 16.0 Å². The molecule has 1 aromatic heterocycles. The number of pyridine rings is 1. The molecule has 24 heavy (non-hydrogen) atoms. The molecule has 3 rings (SSSR count). The number of rotatable bonds is 5. The SMILES string of the molecule is O=C[C@H]1CC[C@H](CCc2ccc(-c3ccc(Cl)c(Cl)c3)nc2)CC1. The Bertz CT molecular complexity index is 691. The van der Waals surface area contributed by atoms with Crippen LogP contribution in [-0.2, 0) is 11.2 Å². The third-order valence-electron chi connectivity index (χ3n) is 4.97. The van der Waals surface area contributed by atoms with Gasteiger partial charge in [0, 0.05) is 17.7 Å². The molecule has 126 valence electrons. The topological polar surface area (TPSA) is 30.0 Å². The Balaban J connectivity index is 1.57. The van der Waals surface area contributed by atoms with Gasteiger partial charge in [-0.15, -0.1) is 0 Å². The van der Waals surface area contributed by atoms with Gasteiger partial charge in [-0.3, -0.25) is 4.98 Å². The van der Waals surface area contributed by atoms with E-state index in [1.54, 1.807) is 6.07 Å². The fourth-order valence-electron chi connectivity index (χ4n) is 3.38. The second kappa shape index (κ2) is 8.13. The summed E-state index contributed by atoms with van der Waals surface area (Å²) in [5, 5.41) is 1.10. The van der Waals surface area contributed by atoms with E-state index < -0.39 is 0 Å². The normalized spacial score (nSPS) is 20.8. The van der Waals surface area contributed by atoms with Crippen LogP contribution in [-0.4, -0.2) is 11.3 Å². The first-order valence-electron chi connectivity index (χ1n) is 8.51. The Kier molecular flexibility index (Phi) is 5.91. The molecule has 1 aliphatic carbocycles. The molecule has 2 nitrogen and oxygen atoms in total. The van der Waals surface area contributed by atoms with Crippen LogP contribution in [0.5, 0.6) is 0 Å². The molecule has 1 saturated carbocycles. The summed E-state index contributed by atoms with van der Waals surface area (Å²) in [5.41, 5.74) is 3.14. The van der Waals surface area contributed by atoms with Crippen molar-refractivity contribution in [2.75, 3.05) is 0 Å². The Morgan fingerprint density at radius 3 is 2.46 bits per heavy atom. The molecule has 0 saturated heterocycles. The molecule has 0 amide bonds. The van der Waals surface area contributed by atoms with E-state index in [-0.39, 0.29) is 0 Å². The fraction of sp³-hybridized carbons (Fsp3) is 0.400. The van der Waals surface area contributed by atoms with E-state index in [2.05, 4.69) is 11.1 Å². The van der Waals surface area contributed by atoms with Crippen molar-refractivity contribution in [1.29, 1.82) is 0 Å². The van der Waals surface area contributed by atoms with Crippen molar-refractivity contribution in [2.24, 2.45) is 11.8 Å². The lowest BCUT2D eigenvalue weighted by Gasteiger charge is -2.25. The zero-order valence-electron chi connectivity index (χ0n) is 13.6. The quantitative estimate of drug-likeness (QED) is 0.611. The van der Waals surface area contributed by atoms with Crippen molar-refractivity contribution >= 4 is 29.5 Å². The number of halogens is 2. The second-order valence-corrected chi connectivity index (χ2v) is 7.45. The highest BCUT2D eigenvalue weighted by Crippen LogP contribution is 2.31. The predicted molar refractivity (Wildman–Crippen MR) is 99.5 cm³/mol. The van der Waals surface area contributed by atoms with Crippen LogP contribution in [0, 0.1) is 11.8 Å². The van der Waals surface area contributed by atoms with Gasteiger partial charge in [0.15, 0.2) is 0 Å². The molecule has 0 spiro atoms. The monoisotopic (exact) mass is 361 g/mol. The Labute approximate surface area is 153 Å². The van der Waals surface area contributed by atoms with Crippen LogP contribution in [0.25, 0.3) is 11.3 Å². The maximum atomic E-state index is 10.8. The summed E-state index contributed by atoms with van der Waals surface area (Å²) in [6.45, 7) is 0. The van der Waals surface area contributed by atoms with Crippen molar-refractivity contribution in [2.45, 2.75) is 38.5 Å². The zero-order valence-corrected chi connectivity index (χ0v) is 15.1. The molecule has 0 radical (unpaired) electrons. The average Bonchev–Trinajstić information content (AvgIpc) is 2.63. The van der Waals surface area contributed by atoms with Gasteiger partial charge in [-0.25, -0.2) is 0 Å². The molecule has 1 heterocycles. The van der Waals surface area contributed by atoms with Gasteiger partial charge in [0.25, 0.3) is 0 Å². The van der Waals surface area contributed by atoms with E-state index in [9.17, 15) is 4.79 Å². The van der Waals surface area contributed by atoms with Crippen LogP contribution < -0.4 is 0 Å². The molecule has 1 aromatic carbocycles. The van der Waals surface area contributed by atoms with Crippen LogP contribution in [0.4, 0.5) is 0 Å². The van der Waals surface area contributed by atoms with Crippen molar-refractivity contribution in [1.82, 2.24) is 4.98 Å². The number of aromatic nitrogens is 1. The van der Waals surface area contributed by atoms with E-state index in [1.165, 1.54) is 24.8 Å². The first kappa shape index (κ1) is 17.4. The molecular formula is C20H21Cl2NO. The molecule has 1 fully saturated rings. The third kappa shape index (κ3) is 4.37. The zero-order chi connectivity index (χ0) is 16.9. The molecule has 4 heteroatoms. The Hall–Kier alpha value is -1.38. The van der Waals surface area contributed by atoms with Crippen LogP contribution in [0.15, 0.2) is 36.5 Å². The number of hydrogen-bond acceptors (Lipinski definition) is 2. The number of nitrogens with zero attached hydrogens (tertiary/aromatic N) is 1. The molecule has 0 aliphatic heterocycles. The standard InChI is InChI=1S/C20H21Cl2NO/c21-18-9-8-17(11-19(18)22)20-10-7-15(12-23-20)4-1-14-2-5-16(13-24)6-3-14/h7-14,16H,1-6H2/t14-,16-. The van der Waals surface area contributed by atoms with Crippen LogP contribution in [0.2, 0.25) is 10.0 Å². The van der Waals surface area contributed by atoms with Crippen LogP contribution in [0.3, 0.4) is 0 Å². The van der Waals surface area contributed by atoms with Crippen molar-refractivity contribution in [3.8, 4) is 11.3 Å². The Morgan fingerprint density at radius 1 is 1.04 bits per heavy atom. The lowest BCUT2D eigenvalue weighted by Crippen LogP contribution is -2.15. The van der Waals surface area contributed by atoms with Crippen molar-refractivity contribution in [3.63, 3.8) is 0 Å². The molecule has 2 aromatic rings. The minimum atomic E-state index is 0.299. The molecular weight excluding hydrogens is 341 g/mol. The number of aldehydes is 1. The number of aryl methyl sites for hydroxylation is 1. The summed E-state index contributed by atoms with van der Waals surface area (Å²) >= 11 is 12.0. The minimum absolute atomic E-state index is 0.299. The maximum absolute atomic E-state index is 10.8. The first-order chi connectivity index (χ1) is 11.7. The summed E-state index contributed by atoms with van der Waals surface area (Å²) in [6.07, 6.45) is 9.78. The average molecular weight is 362 g/mol. The summed E-state index contributed by atoms with van der Waals surface area (Å²) in [5.74, 6) is 1.05. The number of carbonyl (C=O) groups excluding carboxylic acids is 1. The van der Waals surface area contributed by atoms with Gasteiger partial charge in [-0.05, 0) is 68.2 Å². The van der Waals surface area contributed by atoms with E-state index in [4.69, 9.17) is 23.2 Å². The van der Waals surface area contributed by atoms with Gasteiger partial charge in [-0.1, -0.05) is 35.3 Å². The van der Waals surface area contributed by atoms with Gasteiger partial charge in [0.2, 0.25) is 0 Å². The fourth-order valence-corrected chi connectivity index (χ4v) is 3.68. The smallest absolute Gasteiger partial charge is 0.123 e. The van der Waals surface area contributed by atoms with Crippen LogP contribution >= 0.6 is 23.2 Å². The van der Waals surface area contributed by atoms with Gasteiger partial charge in [0.05, 0.1) is 15.7 Å². The molecule has 0 bridgehead atoms. The minimum Gasteiger partial charge on any atom is -0.303 e. The number of carbonyl (C=O) groups is 1. The highest BCUT2D eigenvalue weighted by molar-refractivity contribution is 6.42. The highest BCUT2D eigenvalue weighted by atomic mass is 35.5. The highest BCUT2D eigenvalue weighted by Gasteiger charge is 2.20. The van der Waals surface area contributed by atoms with Gasteiger partial charge in [-0.2, -0.15) is 0 Å². The van der Waals surface area contributed by atoms with E-state index in [0.717, 1.165) is 42.7 Å². The van der Waals surface area contributed by atoms with Crippen molar-refractivity contribution < 1.29 is 4.79 Å². The third-order valence-corrected chi connectivity index (χ3v) is 5.70. The predicted octanol–water partition coefficient (Wildman–Crippen LogP) is 5.99. The van der Waals surface area contributed by atoms with Crippen molar-refractivity contribution in [3.05, 3.63) is 52.1 Å².